The van der Waals surface area contributed by atoms with E-state index in [0.717, 1.165) is 4.90 Å². The molecule has 1 heterocycles. The quantitative estimate of drug-likeness (QED) is 0.706. The minimum atomic E-state index is -3.87. The molecule has 0 aliphatic carbocycles. The van der Waals surface area contributed by atoms with E-state index in [-0.39, 0.29) is 10.6 Å². The lowest BCUT2D eigenvalue weighted by atomic mass is 10.1. The van der Waals surface area contributed by atoms with E-state index < -0.39 is 21.8 Å². The van der Waals surface area contributed by atoms with Crippen LogP contribution in [0, 0.1) is 0 Å². The van der Waals surface area contributed by atoms with E-state index in [4.69, 9.17) is 0 Å². The Kier molecular flexibility index (Phi) is 4.01. The minimum absolute atomic E-state index is 0.0413. The number of fused-ring (bicyclic) bond motifs is 1. The van der Waals surface area contributed by atoms with Crippen LogP contribution in [0.1, 0.15) is 20.7 Å². The molecule has 0 bridgehead atoms. The van der Waals surface area contributed by atoms with E-state index in [0.29, 0.717) is 16.8 Å². The summed E-state index contributed by atoms with van der Waals surface area (Å²) in [6, 6.07) is 20.7. The van der Waals surface area contributed by atoms with Crippen molar-refractivity contribution in [3.8, 4) is 0 Å². The van der Waals surface area contributed by atoms with Gasteiger partial charge in [0.1, 0.15) is 0 Å². The predicted molar refractivity (Wildman–Crippen MR) is 101 cm³/mol. The molecule has 0 unspecified atom stereocenters. The van der Waals surface area contributed by atoms with E-state index in [1.807, 2.05) is 0 Å². The maximum atomic E-state index is 12.7. The Labute approximate surface area is 156 Å². The average molecular weight is 378 g/mol. The van der Waals surface area contributed by atoms with Crippen molar-refractivity contribution in [3.05, 3.63) is 90.0 Å². The van der Waals surface area contributed by atoms with Gasteiger partial charge in [-0.1, -0.05) is 36.4 Å². The molecule has 0 saturated heterocycles. The van der Waals surface area contributed by atoms with Crippen LogP contribution in [0.3, 0.4) is 0 Å². The number of anilines is 2. The minimum Gasteiger partial charge on any atom is -0.280 e. The third-order valence-corrected chi connectivity index (χ3v) is 5.59. The van der Waals surface area contributed by atoms with Crippen LogP contribution in [-0.4, -0.2) is 20.2 Å². The van der Waals surface area contributed by atoms with E-state index in [9.17, 15) is 18.0 Å². The Morgan fingerprint density at radius 3 is 1.93 bits per heavy atom. The number of carbonyl (C=O) groups is 2. The van der Waals surface area contributed by atoms with Gasteiger partial charge in [0.2, 0.25) is 0 Å². The molecular weight excluding hydrogens is 364 g/mol. The number of nitrogens with one attached hydrogen (secondary N) is 1. The van der Waals surface area contributed by atoms with Gasteiger partial charge in [-0.3, -0.25) is 14.3 Å². The highest BCUT2D eigenvalue weighted by Crippen LogP contribution is 2.30. The second-order valence-corrected chi connectivity index (χ2v) is 7.64. The Balaban J connectivity index is 1.70. The molecule has 0 atom stereocenters. The SMILES string of the molecule is O=C1c2ccccc2C(=O)N1c1cccc(S(=O)(=O)Nc2ccccc2)c1. The highest BCUT2D eigenvalue weighted by atomic mass is 32.2. The number of benzene rings is 3. The van der Waals surface area contributed by atoms with Crippen molar-refractivity contribution >= 4 is 33.2 Å². The summed E-state index contributed by atoms with van der Waals surface area (Å²) in [5, 5.41) is 0. The molecule has 1 aliphatic heterocycles. The van der Waals surface area contributed by atoms with Crippen LogP contribution in [0.15, 0.2) is 83.8 Å². The molecule has 27 heavy (non-hydrogen) atoms. The standard InChI is InChI=1S/C20H14N2O4S/c23-19-17-11-4-5-12-18(17)20(24)22(19)15-9-6-10-16(13-15)27(25,26)21-14-7-2-1-3-8-14/h1-13,21H. The lowest BCUT2D eigenvalue weighted by Gasteiger charge is -2.15. The van der Waals surface area contributed by atoms with E-state index in [1.54, 1.807) is 54.6 Å². The Bertz CT molecular complexity index is 1120. The number of carbonyl (C=O) groups excluding carboxylic acids is 2. The summed E-state index contributed by atoms with van der Waals surface area (Å²) in [6.07, 6.45) is 0. The molecule has 0 spiro atoms. The third-order valence-electron chi connectivity index (χ3n) is 4.21. The first-order chi connectivity index (χ1) is 13.0. The first-order valence-corrected chi connectivity index (χ1v) is 9.61. The average Bonchev–Trinajstić information content (AvgIpc) is 2.93. The third kappa shape index (κ3) is 2.98. The molecule has 1 aliphatic rings. The van der Waals surface area contributed by atoms with Gasteiger partial charge in [0.15, 0.2) is 0 Å². The van der Waals surface area contributed by atoms with Gasteiger partial charge >= 0.3 is 0 Å². The molecule has 7 heteroatoms. The van der Waals surface area contributed by atoms with Crippen molar-refractivity contribution in [2.45, 2.75) is 4.90 Å². The maximum Gasteiger partial charge on any atom is 0.266 e. The van der Waals surface area contributed by atoms with Crippen LogP contribution in [0.4, 0.5) is 11.4 Å². The number of amides is 2. The van der Waals surface area contributed by atoms with Gasteiger partial charge in [-0.2, -0.15) is 0 Å². The fourth-order valence-corrected chi connectivity index (χ4v) is 4.03. The zero-order chi connectivity index (χ0) is 19.0. The molecule has 0 saturated carbocycles. The lowest BCUT2D eigenvalue weighted by Crippen LogP contribution is -2.29. The number of hydrogen-bond donors (Lipinski definition) is 1. The first kappa shape index (κ1) is 17.0. The molecule has 3 aromatic carbocycles. The maximum absolute atomic E-state index is 12.7. The van der Waals surface area contributed by atoms with Gasteiger partial charge in [0.25, 0.3) is 21.8 Å². The zero-order valence-corrected chi connectivity index (χ0v) is 14.8. The first-order valence-electron chi connectivity index (χ1n) is 8.13. The zero-order valence-electron chi connectivity index (χ0n) is 14.0. The largest absolute Gasteiger partial charge is 0.280 e. The van der Waals surface area contributed by atoms with Crippen LogP contribution in [0.2, 0.25) is 0 Å². The van der Waals surface area contributed by atoms with E-state index >= 15 is 0 Å². The fourth-order valence-electron chi connectivity index (χ4n) is 2.93. The molecule has 1 N–H and O–H groups in total. The van der Waals surface area contributed by atoms with Crippen molar-refractivity contribution in [2.24, 2.45) is 0 Å². The van der Waals surface area contributed by atoms with Crippen molar-refractivity contribution < 1.29 is 18.0 Å². The van der Waals surface area contributed by atoms with Gasteiger partial charge < -0.3 is 0 Å². The molecule has 0 aromatic heterocycles. The molecule has 0 radical (unpaired) electrons. The van der Waals surface area contributed by atoms with Gasteiger partial charge in [0, 0.05) is 5.69 Å². The summed E-state index contributed by atoms with van der Waals surface area (Å²) in [7, 11) is -3.87. The number of imide groups is 1. The molecule has 134 valence electrons. The predicted octanol–water partition coefficient (Wildman–Crippen LogP) is 3.29. The van der Waals surface area contributed by atoms with Crippen molar-refractivity contribution in [3.63, 3.8) is 0 Å². The molecule has 4 rings (SSSR count). The van der Waals surface area contributed by atoms with Gasteiger partial charge in [0.05, 0.1) is 21.7 Å². The summed E-state index contributed by atoms with van der Waals surface area (Å²) in [6.45, 7) is 0. The summed E-state index contributed by atoms with van der Waals surface area (Å²) in [5.41, 5.74) is 1.23. The second kappa shape index (κ2) is 6.37. The number of para-hydroxylation sites is 1. The number of sulfonamides is 1. The highest BCUT2D eigenvalue weighted by molar-refractivity contribution is 7.92. The second-order valence-electron chi connectivity index (χ2n) is 5.96. The number of rotatable bonds is 4. The van der Waals surface area contributed by atoms with E-state index in [1.165, 1.54) is 24.3 Å². The van der Waals surface area contributed by atoms with Gasteiger partial charge in [-0.25, -0.2) is 13.3 Å². The normalized spacial score (nSPS) is 13.6. The van der Waals surface area contributed by atoms with Gasteiger partial charge in [-0.05, 0) is 42.5 Å². The topological polar surface area (TPSA) is 83.6 Å². The summed E-state index contributed by atoms with van der Waals surface area (Å²) >= 11 is 0. The van der Waals surface area contributed by atoms with Crippen LogP contribution in [0.25, 0.3) is 0 Å². The summed E-state index contributed by atoms with van der Waals surface area (Å²) < 4.78 is 27.8. The highest BCUT2D eigenvalue weighted by Gasteiger charge is 2.36. The van der Waals surface area contributed by atoms with Crippen molar-refractivity contribution in [2.75, 3.05) is 9.62 Å². The van der Waals surface area contributed by atoms with E-state index in [2.05, 4.69) is 4.72 Å². The Morgan fingerprint density at radius 2 is 1.30 bits per heavy atom. The van der Waals surface area contributed by atoms with Gasteiger partial charge in [-0.15, -0.1) is 0 Å². The van der Waals surface area contributed by atoms with Crippen LogP contribution in [-0.2, 0) is 10.0 Å². The monoisotopic (exact) mass is 378 g/mol. The molecule has 0 fully saturated rings. The smallest absolute Gasteiger partial charge is 0.266 e. The van der Waals surface area contributed by atoms with Crippen LogP contribution in [0.5, 0.6) is 0 Å². The molecular formula is C20H14N2O4S. The number of nitrogens with zero attached hydrogens (tertiary/aromatic N) is 1. The Morgan fingerprint density at radius 1 is 0.704 bits per heavy atom. The molecule has 3 aromatic rings. The van der Waals surface area contributed by atoms with Crippen molar-refractivity contribution in [1.82, 2.24) is 0 Å². The Hall–Kier alpha value is -3.45. The lowest BCUT2D eigenvalue weighted by molar-refractivity contribution is 0.0926. The van der Waals surface area contributed by atoms with Crippen molar-refractivity contribution in [1.29, 1.82) is 0 Å². The van der Waals surface area contributed by atoms with Crippen LogP contribution < -0.4 is 9.62 Å². The number of hydrogen-bond acceptors (Lipinski definition) is 4. The van der Waals surface area contributed by atoms with Crippen LogP contribution >= 0.6 is 0 Å². The summed E-state index contributed by atoms with van der Waals surface area (Å²) in [4.78, 5) is 26.2. The molecule has 6 nitrogen and oxygen atoms in total. The molecule has 2 amide bonds. The summed E-state index contributed by atoms with van der Waals surface area (Å²) in [5.74, 6) is -0.942. The fraction of sp³-hybridized carbons (Fsp3) is 0.